The molecule has 4 N–H and O–H groups in total. The van der Waals surface area contributed by atoms with Crippen LogP contribution in [0, 0.1) is 0 Å². The Balaban J connectivity index is 1.44. The third-order valence-electron chi connectivity index (χ3n) is 6.29. The molecule has 0 amide bonds. The fourth-order valence-corrected chi connectivity index (χ4v) is 4.72. The first-order chi connectivity index (χ1) is 17.8. The molecule has 0 unspecified atom stereocenters. The van der Waals surface area contributed by atoms with Crippen LogP contribution in [0.25, 0.3) is 16.9 Å². The van der Waals surface area contributed by atoms with Gasteiger partial charge in [-0.1, -0.05) is 25.4 Å². The van der Waals surface area contributed by atoms with Gasteiger partial charge >= 0.3 is 0 Å². The highest BCUT2D eigenvalue weighted by atomic mass is 35.5. The molecule has 4 aromatic heterocycles. The zero-order chi connectivity index (χ0) is 26.2. The van der Waals surface area contributed by atoms with E-state index in [-0.39, 0.29) is 41.7 Å². The first-order valence-corrected chi connectivity index (χ1v) is 12.2. The summed E-state index contributed by atoms with van der Waals surface area (Å²) in [6.45, 7) is 5.22. The molecule has 0 saturated heterocycles. The molecule has 0 bridgehead atoms. The zero-order valence-electron chi connectivity index (χ0n) is 20.8. The summed E-state index contributed by atoms with van der Waals surface area (Å²) in [5, 5.41) is 17.4. The minimum atomic E-state index is -0.179. The van der Waals surface area contributed by atoms with Gasteiger partial charge in [-0.3, -0.25) is 4.68 Å². The Morgan fingerprint density at radius 2 is 2.11 bits per heavy atom. The van der Waals surface area contributed by atoms with E-state index in [4.69, 9.17) is 37.0 Å². The molecule has 12 nitrogen and oxygen atoms in total. The van der Waals surface area contributed by atoms with Crippen LogP contribution >= 0.6 is 11.6 Å². The van der Waals surface area contributed by atoms with Crippen molar-refractivity contribution in [3.8, 4) is 11.6 Å². The van der Waals surface area contributed by atoms with E-state index in [1.54, 1.807) is 4.57 Å². The summed E-state index contributed by atoms with van der Waals surface area (Å²) < 4.78 is 15.3. The molecule has 0 spiro atoms. The summed E-state index contributed by atoms with van der Waals surface area (Å²) in [5.74, 6) is 1.82. The highest BCUT2D eigenvalue weighted by Gasteiger charge is 2.30. The molecular weight excluding hydrogens is 498 g/mol. The average Bonchev–Trinajstić information content (AvgIpc) is 3.44. The maximum absolute atomic E-state index is 9.09. The van der Waals surface area contributed by atoms with Crippen molar-refractivity contribution in [2.24, 2.45) is 12.8 Å². The molecule has 5 rings (SSSR count). The van der Waals surface area contributed by atoms with E-state index in [2.05, 4.69) is 49.8 Å². The van der Waals surface area contributed by atoms with Crippen LogP contribution in [0.15, 0.2) is 30.9 Å². The van der Waals surface area contributed by atoms with Gasteiger partial charge in [0.2, 0.25) is 11.8 Å². The Labute approximate surface area is 218 Å². The van der Waals surface area contributed by atoms with Gasteiger partial charge in [-0.15, -0.1) is 0 Å². The van der Waals surface area contributed by atoms with E-state index in [9.17, 15) is 0 Å². The third kappa shape index (κ3) is 4.65. The number of aromatic nitrogens is 7. The standard InChI is InChI=1S/C24H28ClN9O3/c1-24(2)5-4-8-34-16(24)11-17(32-34)30-23-31-21-20(33(23)3)18(25)15(13-29-21)37-14(12-26)19-22(36-10-9-35)28-7-6-27-19/h6-7,11-13,35H,4-5,8-10,26H2,1-3H3,(H,29,30,31,32)/b14-12+. The number of anilines is 2. The predicted molar refractivity (Wildman–Crippen MR) is 139 cm³/mol. The predicted octanol–water partition coefficient (Wildman–Crippen LogP) is 3.13. The number of nitrogens with two attached hydrogens (primary N) is 1. The minimum Gasteiger partial charge on any atom is -0.474 e. The number of hydrogen-bond acceptors (Lipinski definition) is 10. The number of ether oxygens (including phenoxy) is 2. The molecule has 194 valence electrons. The number of halogens is 1. The lowest BCUT2D eigenvalue weighted by Crippen LogP contribution is -2.27. The number of aliphatic hydroxyl groups excluding tert-OH is 1. The van der Waals surface area contributed by atoms with Crippen LogP contribution in [0.2, 0.25) is 5.02 Å². The SMILES string of the molecule is Cn1c(Nc2cc3n(n2)CCCC3(C)C)nc2ncc(O/C(=C/N)c3nccnc3OCCO)c(Cl)c21. The number of nitrogens with zero attached hydrogens (tertiary/aromatic N) is 7. The molecule has 5 heterocycles. The lowest BCUT2D eigenvalue weighted by Gasteiger charge is -2.30. The second-order valence-electron chi connectivity index (χ2n) is 9.27. The summed E-state index contributed by atoms with van der Waals surface area (Å²) in [5.41, 5.74) is 8.36. The van der Waals surface area contributed by atoms with Crippen molar-refractivity contribution in [3.63, 3.8) is 0 Å². The van der Waals surface area contributed by atoms with E-state index in [0.717, 1.165) is 19.4 Å². The molecule has 4 aromatic rings. The Bertz CT molecular complexity index is 1480. The average molecular weight is 526 g/mol. The van der Waals surface area contributed by atoms with Gasteiger partial charge in [0.1, 0.15) is 17.1 Å². The molecule has 0 aromatic carbocycles. The van der Waals surface area contributed by atoms with Gasteiger partial charge < -0.3 is 30.2 Å². The Hall–Kier alpha value is -3.90. The highest BCUT2D eigenvalue weighted by Crippen LogP contribution is 2.37. The van der Waals surface area contributed by atoms with Crippen LogP contribution in [-0.4, -0.2) is 52.6 Å². The summed E-state index contributed by atoms with van der Waals surface area (Å²) in [4.78, 5) is 17.4. The van der Waals surface area contributed by atoms with Crippen LogP contribution in [0.1, 0.15) is 38.1 Å². The number of fused-ring (bicyclic) bond motifs is 2. The van der Waals surface area contributed by atoms with Crippen molar-refractivity contribution in [1.29, 1.82) is 0 Å². The van der Waals surface area contributed by atoms with E-state index >= 15 is 0 Å². The van der Waals surface area contributed by atoms with Crippen molar-refractivity contribution in [3.05, 3.63) is 47.3 Å². The summed E-state index contributed by atoms with van der Waals surface area (Å²) in [6.07, 6.45) is 7.85. The number of aryl methyl sites for hydroxylation is 2. The van der Waals surface area contributed by atoms with Gasteiger partial charge in [0.25, 0.3) is 0 Å². The van der Waals surface area contributed by atoms with Gasteiger partial charge in [-0.25, -0.2) is 15.0 Å². The largest absolute Gasteiger partial charge is 0.474 e. The molecular formula is C24H28ClN9O3. The third-order valence-corrected chi connectivity index (χ3v) is 6.65. The van der Waals surface area contributed by atoms with Crippen molar-refractivity contribution in [2.75, 3.05) is 18.5 Å². The second kappa shape index (κ2) is 9.87. The van der Waals surface area contributed by atoms with Crippen LogP contribution in [-0.2, 0) is 19.0 Å². The van der Waals surface area contributed by atoms with E-state index < -0.39 is 0 Å². The maximum atomic E-state index is 9.09. The lowest BCUT2D eigenvalue weighted by atomic mass is 9.82. The van der Waals surface area contributed by atoms with Crippen molar-refractivity contribution < 1.29 is 14.6 Å². The second-order valence-corrected chi connectivity index (χ2v) is 9.65. The molecule has 0 aliphatic carbocycles. The summed E-state index contributed by atoms with van der Waals surface area (Å²) >= 11 is 6.75. The zero-order valence-corrected chi connectivity index (χ0v) is 21.5. The molecule has 1 aliphatic heterocycles. The van der Waals surface area contributed by atoms with Crippen LogP contribution < -0.4 is 20.5 Å². The fourth-order valence-electron chi connectivity index (χ4n) is 4.42. The van der Waals surface area contributed by atoms with Crippen LogP contribution in [0.4, 0.5) is 11.8 Å². The first-order valence-electron chi connectivity index (χ1n) is 11.8. The molecule has 1 aliphatic rings. The number of hydrogen-bond donors (Lipinski definition) is 3. The minimum absolute atomic E-state index is 0.0415. The monoisotopic (exact) mass is 525 g/mol. The Morgan fingerprint density at radius 3 is 2.86 bits per heavy atom. The van der Waals surface area contributed by atoms with Gasteiger partial charge in [0, 0.05) is 49.4 Å². The van der Waals surface area contributed by atoms with E-state index in [1.807, 2.05) is 7.05 Å². The number of imidazole rings is 1. The molecule has 13 heteroatoms. The fraction of sp³-hybridized carbons (Fsp3) is 0.375. The lowest BCUT2D eigenvalue weighted by molar-refractivity contribution is 0.195. The number of aliphatic hydroxyl groups is 1. The smallest absolute Gasteiger partial charge is 0.244 e. The van der Waals surface area contributed by atoms with E-state index in [1.165, 1.54) is 30.5 Å². The van der Waals surface area contributed by atoms with Crippen LogP contribution in [0.3, 0.4) is 0 Å². The molecule has 0 fully saturated rings. The molecule has 37 heavy (non-hydrogen) atoms. The number of nitrogens with one attached hydrogen (secondary N) is 1. The quantitative estimate of drug-likeness (QED) is 0.292. The Morgan fingerprint density at radius 1 is 1.30 bits per heavy atom. The normalized spacial score (nSPS) is 15.0. The first kappa shape index (κ1) is 24.8. The van der Waals surface area contributed by atoms with Crippen molar-refractivity contribution in [1.82, 2.24) is 34.3 Å². The summed E-state index contributed by atoms with van der Waals surface area (Å²) in [6, 6.07) is 2.07. The topological polar surface area (TPSA) is 151 Å². The maximum Gasteiger partial charge on any atom is 0.244 e. The van der Waals surface area contributed by atoms with Gasteiger partial charge in [-0.05, 0) is 12.8 Å². The van der Waals surface area contributed by atoms with Gasteiger partial charge in [0.05, 0.1) is 12.8 Å². The molecule has 0 atom stereocenters. The molecule has 0 radical (unpaired) electrons. The van der Waals surface area contributed by atoms with E-state index in [0.29, 0.717) is 28.0 Å². The van der Waals surface area contributed by atoms with Crippen LogP contribution in [0.5, 0.6) is 11.6 Å². The number of rotatable bonds is 8. The Kier molecular flexibility index (Phi) is 6.61. The number of pyridine rings is 1. The van der Waals surface area contributed by atoms with Gasteiger partial charge in [0.15, 0.2) is 28.7 Å². The highest BCUT2D eigenvalue weighted by molar-refractivity contribution is 6.36. The van der Waals surface area contributed by atoms with Gasteiger partial charge in [-0.2, -0.15) is 10.1 Å². The van der Waals surface area contributed by atoms with Crippen molar-refractivity contribution in [2.45, 2.75) is 38.6 Å². The molecule has 0 saturated carbocycles. The summed E-state index contributed by atoms with van der Waals surface area (Å²) in [7, 11) is 1.83. The van der Waals surface area contributed by atoms with Crippen molar-refractivity contribution >= 4 is 40.3 Å².